The Morgan fingerprint density at radius 2 is 1.83 bits per heavy atom. The highest BCUT2D eigenvalue weighted by atomic mass is 14.6. The average molecular weight is 168 g/mol. The highest BCUT2D eigenvalue weighted by Crippen LogP contribution is 2.66. The molecule has 0 aliphatic heterocycles. The van der Waals surface area contributed by atoms with Crippen molar-refractivity contribution in [3.8, 4) is 0 Å². The predicted octanol–water partition coefficient (Wildman–Crippen LogP) is 4.25. The summed E-state index contributed by atoms with van der Waals surface area (Å²) in [6, 6.07) is 0. The summed E-state index contributed by atoms with van der Waals surface area (Å²) in [5.41, 5.74) is 1.23. The van der Waals surface area contributed by atoms with E-state index in [1.807, 2.05) is 0 Å². The maximum Gasteiger partial charge on any atom is -0.0220 e. The molecule has 0 aromatic rings. The van der Waals surface area contributed by atoms with Crippen LogP contribution in [0.5, 0.6) is 0 Å². The molecule has 72 valence electrons. The van der Waals surface area contributed by atoms with Crippen molar-refractivity contribution in [1.29, 1.82) is 0 Å². The SMILES string of the molecule is CCCC1CC1(CC)C(C)(C)C. The van der Waals surface area contributed by atoms with Crippen molar-refractivity contribution in [1.82, 2.24) is 0 Å². The van der Waals surface area contributed by atoms with Gasteiger partial charge in [0, 0.05) is 0 Å². The Hall–Kier alpha value is 0. The third kappa shape index (κ3) is 1.41. The van der Waals surface area contributed by atoms with Crippen LogP contribution in [0.1, 0.15) is 60.3 Å². The minimum atomic E-state index is 0.529. The highest BCUT2D eigenvalue weighted by molar-refractivity contribution is 5.07. The molecule has 1 fully saturated rings. The summed E-state index contributed by atoms with van der Waals surface area (Å²) in [6.45, 7) is 11.9. The molecular formula is C12H24. The zero-order chi connectivity index (χ0) is 9.41. The van der Waals surface area contributed by atoms with Crippen molar-refractivity contribution in [3.05, 3.63) is 0 Å². The van der Waals surface area contributed by atoms with Crippen molar-refractivity contribution in [2.45, 2.75) is 60.3 Å². The van der Waals surface area contributed by atoms with Crippen LogP contribution in [0.15, 0.2) is 0 Å². The van der Waals surface area contributed by atoms with Gasteiger partial charge in [0.05, 0.1) is 0 Å². The van der Waals surface area contributed by atoms with Crippen molar-refractivity contribution >= 4 is 0 Å². The van der Waals surface area contributed by atoms with Gasteiger partial charge in [0.1, 0.15) is 0 Å². The quantitative estimate of drug-likeness (QED) is 0.591. The van der Waals surface area contributed by atoms with Gasteiger partial charge < -0.3 is 0 Å². The number of rotatable bonds is 3. The van der Waals surface area contributed by atoms with Crippen LogP contribution in [0.2, 0.25) is 0 Å². The molecule has 2 atom stereocenters. The van der Waals surface area contributed by atoms with E-state index in [1.54, 1.807) is 0 Å². The van der Waals surface area contributed by atoms with E-state index in [0.29, 0.717) is 10.8 Å². The lowest BCUT2D eigenvalue weighted by Gasteiger charge is -2.31. The van der Waals surface area contributed by atoms with Crippen LogP contribution in [-0.4, -0.2) is 0 Å². The molecule has 0 nitrogen and oxygen atoms in total. The zero-order valence-electron chi connectivity index (χ0n) is 9.41. The summed E-state index contributed by atoms with van der Waals surface area (Å²) in [5.74, 6) is 1.03. The van der Waals surface area contributed by atoms with Crippen LogP contribution >= 0.6 is 0 Å². The van der Waals surface area contributed by atoms with Crippen LogP contribution in [0.25, 0.3) is 0 Å². The minimum absolute atomic E-state index is 0.529. The molecule has 0 saturated heterocycles. The minimum Gasteiger partial charge on any atom is -0.0654 e. The molecule has 0 aromatic carbocycles. The molecule has 12 heavy (non-hydrogen) atoms. The Morgan fingerprint density at radius 1 is 1.25 bits per heavy atom. The molecule has 0 bridgehead atoms. The largest absolute Gasteiger partial charge is 0.0654 e. The van der Waals surface area contributed by atoms with E-state index in [1.165, 1.54) is 25.7 Å². The van der Waals surface area contributed by atoms with E-state index in [2.05, 4.69) is 34.6 Å². The zero-order valence-corrected chi connectivity index (χ0v) is 9.41. The van der Waals surface area contributed by atoms with E-state index in [-0.39, 0.29) is 0 Å². The van der Waals surface area contributed by atoms with Gasteiger partial charge in [-0.15, -0.1) is 0 Å². The average Bonchev–Trinajstić information content (AvgIpc) is 2.63. The predicted molar refractivity (Wildman–Crippen MR) is 55.2 cm³/mol. The highest BCUT2D eigenvalue weighted by Gasteiger charge is 2.58. The monoisotopic (exact) mass is 168 g/mol. The van der Waals surface area contributed by atoms with Crippen LogP contribution in [0.3, 0.4) is 0 Å². The van der Waals surface area contributed by atoms with Gasteiger partial charge in [0.2, 0.25) is 0 Å². The van der Waals surface area contributed by atoms with Crippen LogP contribution in [-0.2, 0) is 0 Å². The smallest absolute Gasteiger partial charge is 0.0220 e. The van der Waals surface area contributed by atoms with Gasteiger partial charge >= 0.3 is 0 Å². The summed E-state index contributed by atoms with van der Waals surface area (Å²) in [7, 11) is 0. The first-order valence-electron chi connectivity index (χ1n) is 5.48. The van der Waals surface area contributed by atoms with Gasteiger partial charge in [-0.2, -0.15) is 0 Å². The Bertz CT molecular complexity index is 152. The maximum atomic E-state index is 2.41. The van der Waals surface area contributed by atoms with E-state index >= 15 is 0 Å². The second-order valence-corrected chi connectivity index (χ2v) is 5.45. The molecule has 0 aromatic heterocycles. The topological polar surface area (TPSA) is 0 Å². The first-order chi connectivity index (χ1) is 5.48. The van der Waals surface area contributed by atoms with Crippen molar-refractivity contribution in [2.75, 3.05) is 0 Å². The van der Waals surface area contributed by atoms with Gasteiger partial charge in [0.25, 0.3) is 0 Å². The van der Waals surface area contributed by atoms with E-state index in [4.69, 9.17) is 0 Å². The van der Waals surface area contributed by atoms with Crippen LogP contribution in [0, 0.1) is 16.7 Å². The van der Waals surface area contributed by atoms with Crippen LogP contribution in [0.4, 0.5) is 0 Å². The fourth-order valence-electron chi connectivity index (χ4n) is 2.99. The number of hydrogen-bond donors (Lipinski definition) is 0. The summed E-state index contributed by atoms with van der Waals surface area (Å²) in [5, 5.41) is 0. The third-order valence-corrected chi connectivity index (χ3v) is 3.99. The van der Waals surface area contributed by atoms with Gasteiger partial charge in [-0.05, 0) is 29.6 Å². The second kappa shape index (κ2) is 3.05. The van der Waals surface area contributed by atoms with Crippen molar-refractivity contribution in [3.63, 3.8) is 0 Å². The fourth-order valence-corrected chi connectivity index (χ4v) is 2.99. The summed E-state index contributed by atoms with van der Waals surface area (Å²) >= 11 is 0. The normalized spacial score (nSPS) is 35.2. The first-order valence-corrected chi connectivity index (χ1v) is 5.48. The van der Waals surface area contributed by atoms with Crippen molar-refractivity contribution < 1.29 is 0 Å². The molecule has 1 rings (SSSR count). The molecule has 1 aliphatic carbocycles. The standard InChI is InChI=1S/C12H24/c1-6-8-10-9-12(10,7-2)11(3,4)5/h10H,6-9H2,1-5H3. The summed E-state index contributed by atoms with van der Waals surface area (Å²) in [6.07, 6.45) is 5.68. The lowest BCUT2D eigenvalue weighted by atomic mass is 9.74. The van der Waals surface area contributed by atoms with Gasteiger partial charge in [-0.25, -0.2) is 0 Å². The van der Waals surface area contributed by atoms with Gasteiger partial charge in [-0.1, -0.05) is 47.5 Å². The lowest BCUT2D eigenvalue weighted by Crippen LogP contribution is -2.23. The summed E-state index contributed by atoms with van der Waals surface area (Å²) < 4.78 is 0. The van der Waals surface area contributed by atoms with E-state index < -0.39 is 0 Å². The molecule has 0 N–H and O–H groups in total. The molecule has 0 spiro atoms. The maximum absolute atomic E-state index is 2.41. The third-order valence-electron chi connectivity index (χ3n) is 3.99. The molecule has 0 heteroatoms. The van der Waals surface area contributed by atoms with Gasteiger partial charge in [-0.3, -0.25) is 0 Å². The van der Waals surface area contributed by atoms with E-state index in [0.717, 1.165) is 5.92 Å². The molecule has 0 heterocycles. The molecule has 1 aliphatic rings. The van der Waals surface area contributed by atoms with E-state index in [9.17, 15) is 0 Å². The Morgan fingerprint density at radius 3 is 2.08 bits per heavy atom. The fraction of sp³-hybridized carbons (Fsp3) is 1.00. The molecule has 1 saturated carbocycles. The van der Waals surface area contributed by atoms with Crippen LogP contribution < -0.4 is 0 Å². The summed E-state index contributed by atoms with van der Waals surface area (Å²) in [4.78, 5) is 0. The second-order valence-electron chi connectivity index (χ2n) is 5.45. The molecule has 0 radical (unpaired) electrons. The Kier molecular flexibility index (Phi) is 2.56. The molecular weight excluding hydrogens is 144 g/mol. The molecule has 0 amide bonds. The Labute approximate surface area is 77.7 Å². The molecule has 2 unspecified atom stereocenters. The van der Waals surface area contributed by atoms with Crippen molar-refractivity contribution in [2.24, 2.45) is 16.7 Å². The lowest BCUT2D eigenvalue weighted by molar-refractivity contribution is 0.181. The number of hydrogen-bond acceptors (Lipinski definition) is 0. The van der Waals surface area contributed by atoms with Gasteiger partial charge in [0.15, 0.2) is 0 Å². The first kappa shape index (κ1) is 10.1. The Balaban J connectivity index is 2.59.